The van der Waals surface area contributed by atoms with Gasteiger partial charge in [-0.25, -0.2) is 4.79 Å². The molecule has 0 unspecified atom stereocenters. The Kier molecular flexibility index (Phi) is 2.60. The first kappa shape index (κ1) is 11.0. The van der Waals surface area contributed by atoms with Gasteiger partial charge in [0.2, 0.25) is 0 Å². The molecular formula is C11H12N4O3. The molecule has 1 aliphatic heterocycles. The average molecular weight is 248 g/mol. The Morgan fingerprint density at radius 1 is 1.33 bits per heavy atom. The quantitative estimate of drug-likeness (QED) is 0.811. The van der Waals surface area contributed by atoms with Gasteiger partial charge in [0, 0.05) is 0 Å². The Morgan fingerprint density at radius 3 is 2.83 bits per heavy atom. The largest absolute Gasteiger partial charge is 0.478 e. The summed E-state index contributed by atoms with van der Waals surface area (Å²) >= 11 is 0. The summed E-state index contributed by atoms with van der Waals surface area (Å²) in [6, 6.07) is 5.05. The number of aromatic nitrogens is 3. The van der Waals surface area contributed by atoms with Crippen LogP contribution in [0.5, 0.6) is 0 Å². The summed E-state index contributed by atoms with van der Waals surface area (Å²) in [6.07, 6.45) is 0. The second-order valence-electron chi connectivity index (χ2n) is 4.02. The van der Waals surface area contributed by atoms with E-state index in [2.05, 4.69) is 10.3 Å². The molecule has 0 atom stereocenters. The van der Waals surface area contributed by atoms with Crippen LogP contribution in [0.25, 0.3) is 11.0 Å². The van der Waals surface area contributed by atoms with Crippen molar-refractivity contribution in [2.24, 2.45) is 0 Å². The minimum Gasteiger partial charge on any atom is -0.478 e. The summed E-state index contributed by atoms with van der Waals surface area (Å²) < 4.78 is 5.27. The molecule has 1 N–H and O–H groups in total. The molecule has 1 aliphatic rings. The molecule has 2 heterocycles. The van der Waals surface area contributed by atoms with E-state index in [1.54, 1.807) is 10.9 Å². The topological polar surface area (TPSA) is 80.5 Å². The predicted octanol–water partition coefficient (Wildman–Crippen LogP) is 0.0977. The lowest BCUT2D eigenvalue weighted by molar-refractivity contribution is 0.0699. The highest BCUT2D eigenvalue weighted by Gasteiger charge is 2.18. The fraction of sp³-hybridized carbons (Fsp3) is 0.364. The average Bonchev–Trinajstić information content (AvgIpc) is 2.83. The highest BCUT2D eigenvalue weighted by atomic mass is 16.5. The Balaban J connectivity index is 2.08. The molecule has 0 radical (unpaired) electrons. The highest BCUT2D eigenvalue weighted by Crippen LogP contribution is 2.16. The molecular weight excluding hydrogens is 236 g/mol. The van der Waals surface area contributed by atoms with E-state index in [0.717, 1.165) is 13.1 Å². The van der Waals surface area contributed by atoms with E-state index >= 15 is 0 Å². The highest BCUT2D eigenvalue weighted by molar-refractivity contribution is 6.00. The molecule has 7 nitrogen and oxygen atoms in total. The lowest BCUT2D eigenvalue weighted by Gasteiger charge is -2.28. The van der Waals surface area contributed by atoms with Gasteiger partial charge < -0.3 is 9.84 Å². The summed E-state index contributed by atoms with van der Waals surface area (Å²) in [5.41, 5.74) is 1.29. The van der Waals surface area contributed by atoms with Crippen molar-refractivity contribution in [2.45, 2.75) is 0 Å². The minimum atomic E-state index is -0.991. The number of fused-ring (bicyclic) bond motifs is 1. The van der Waals surface area contributed by atoms with Crippen LogP contribution in [-0.2, 0) is 4.74 Å². The van der Waals surface area contributed by atoms with E-state index in [9.17, 15) is 4.79 Å². The smallest absolute Gasteiger partial charge is 0.338 e. The number of carbonyl (C=O) groups is 1. The van der Waals surface area contributed by atoms with Gasteiger partial charge in [0.15, 0.2) is 0 Å². The number of nitrogens with zero attached hydrogens (tertiary/aromatic N) is 4. The number of hydrogen-bond acceptors (Lipinski definition) is 5. The van der Waals surface area contributed by atoms with E-state index in [-0.39, 0.29) is 5.56 Å². The molecule has 7 heteroatoms. The summed E-state index contributed by atoms with van der Waals surface area (Å²) in [5.74, 6) is -0.991. The van der Waals surface area contributed by atoms with E-state index in [1.165, 1.54) is 6.07 Å². The minimum absolute atomic E-state index is 0.173. The molecule has 1 aromatic carbocycles. The van der Waals surface area contributed by atoms with Crippen molar-refractivity contribution in [3.05, 3.63) is 23.8 Å². The fourth-order valence-corrected chi connectivity index (χ4v) is 2.06. The fourth-order valence-electron chi connectivity index (χ4n) is 2.06. The van der Waals surface area contributed by atoms with Crippen LogP contribution in [0.4, 0.5) is 0 Å². The van der Waals surface area contributed by atoms with Crippen LogP contribution in [0.2, 0.25) is 0 Å². The molecule has 1 saturated heterocycles. The Labute approximate surface area is 103 Å². The number of rotatable bonds is 2. The SMILES string of the molecule is O=C(O)c1cccc2c1nnn2N1CCOCC1. The van der Waals surface area contributed by atoms with Crippen LogP contribution in [0, 0.1) is 0 Å². The first-order chi connectivity index (χ1) is 8.77. The Hall–Kier alpha value is -2.15. The standard InChI is InChI=1S/C11H12N4O3/c16-11(17)8-2-1-3-9-10(8)12-13-15(9)14-4-6-18-7-5-14/h1-3H,4-7H2,(H,16,17). The van der Waals surface area contributed by atoms with Gasteiger partial charge in [0.1, 0.15) is 11.0 Å². The molecule has 94 valence electrons. The molecule has 18 heavy (non-hydrogen) atoms. The lowest BCUT2D eigenvalue weighted by atomic mass is 10.2. The molecule has 0 aliphatic carbocycles. The maximum absolute atomic E-state index is 11.1. The maximum atomic E-state index is 11.1. The van der Waals surface area contributed by atoms with Crippen LogP contribution in [0.3, 0.4) is 0 Å². The zero-order valence-corrected chi connectivity index (χ0v) is 9.61. The normalized spacial score (nSPS) is 16.1. The van der Waals surface area contributed by atoms with Gasteiger partial charge in [-0.05, 0) is 17.3 Å². The molecule has 2 aromatic rings. The molecule has 1 fully saturated rings. The Morgan fingerprint density at radius 2 is 2.11 bits per heavy atom. The van der Waals surface area contributed by atoms with Crippen molar-refractivity contribution >= 4 is 17.0 Å². The Bertz CT molecular complexity index is 589. The predicted molar refractivity (Wildman–Crippen MR) is 63.3 cm³/mol. The van der Waals surface area contributed by atoms with Gasteiger partial charge in [-0.1, -0.05) is 6.07 Å². The second-order valence-corrected chi connectivity index (χ2v) is 4.02. The lowest BCUT2D eigenvalue weighted by Crippen LogP contribution is -2.44. The van der Waals surface area contributed by atoms with Gasteiger partial charge in [-0.15, -0.1) is 5.10 Å². The maximum Gasteiger partial charge on any atom is 0.338 e. The third-order valence-electron chi connectivity index (χ3n) is 2.95. The van der Waals surface area contributed by atoms with Crippen LogP contribution in [0.1, 0.15) is 10.4 Å². The molecule has 3 rings (SSSR count). The van der Waals surface area contributed by atoms with Crippen LogP contribution >= 0.6 is 0 Å². The first-order valence-corrected chi connectivity index (χ1v) is 5.68. The van der Waals surface area contributed by atoms with Crippen molar-refractivity contribution < 1.29 is 14.6 Å². The van der Waals surface area contributed by atoms with Crippen LogP contribution < -0.4 is 5.01 Å². The van der Waals surface area contributed by atoms with Gasteiger partial charge >= 0.3 is 5.97 Å². The van der Waals surface area contributed by atoms with Crippen molar-refractivity contribution in [1.82, 2.24) is 15.1 Å². The molecule has 0 saturated carbocycles. The van der Waals surface area contributed by atoms with Gasteiger partial charge in [0.25, 0.3) is 0 Å². The summed E-state index contributed by atoms with van der Waals surface area (Å²) in [7, 11) is 0. The number of benzene rings is 1. The van der Waals surface area contributed by atoms with Crippen molar-refractivity contribution in [3.8, 4) is 0 Å². The summed E-state index contributed by atoms with van der Waals surface area (Å²) in [5, 5.41) is 19.1. The third-order valence-corrected chi connectivity index (χ3v) is 2.95. The van der Waals surface area contributed by atoms with Crippen molar-refractivity contribution in [1.29, 1.82) is 0 Å². The molecule has 1 aromatic heterocycles. The zero-order valence-electron chi connectivity index (χ0n) is 9.61. The number of carboxylic acids is 1. The molecule has 0 amide bonds. The number of morpholine rings is 1. The second kappa shape index (κ2) is 4.26. The van der Waals surface area contributed by atoms with Crippen molar-refractivity contribution in [3.63, 3.8) is 0 Å². The van der Waals surface area contributed by atoms with E-state index in [1.807, 2.05) is 11.1 Å². The van der Waals surface area contributed by atoms with Gasteiger partial charge in [-0.3, -0.25) is 5.01 Å². The summed E-state index contributed by atoms with van der Waals surface area (Å²) in [6.45, 7) is 2.71. The van der Waals surface area contributed by atoms with Crippen LogP contribution in [-0.4, -0.2) is 52.5 Å². The summed E-state index contributed by atoms with van der Waals surface area (Å²) in [4.78, 5) is 12.7. The van der Waals surface area contributed by atoms with Crippen LogP contribution in [0.15, 0.2) is 18.2 Å². The van der Waals surface area contributed by atoms with E-state index in [0.29, 0.717) is 24.2 Å². The monoisotopic (exact) mass is 248 g/mol. The zero-order chi connectivity index (χ0) is 12.5. The number of aromatic carboxylic acids is 1. The molecule has 0 bridgehead atoms. The first-order valence-electron chi connectivity index (χ1n) is 5.68. The van der Waals surface area contributed by atoms with Gasteiger partial charge in [0.05, 0.1) is 31.9 Å². The van der Waals surface area contributed by atoms with Crippen molar-refractivity contribution in [2.75, 3.05) is 31.3 Å². The molecule has 0 spiro atoms. The third kappa shape index (κ3) is 1.68. The number of ether oxygens (including phenoxy) is 1. The van der Waals surface area contributed by atoms with Gasteiger partial charge in [-0.2, -0.15) is 4.79 Å². The number of hydrogen-bond donors (Lipinski definition) is 1. The number of carboxylic acid groups (broad SMARTS) is 1. The van der Waals surface area contributed by atoms with E-state index in [4.69, 9.17) is 9.84 Å². The van der Waals surface area contributed by atoms with E-state index < -0.39 is 5.97 Å².